The Bertz CT molecular complexity index is 246. The second kappa shape index (κ2) is 8.81. The Morgan fingerprint density at radius 2 is 2.12 bits per heavy atom. The van der Waals surface area contributed by atoms with E-state index in [1.165, 1.54) is 4.90 Å². The minimum absolute atomic E-state index is 0.0457. The molecule has 0 aromatic heterocycles. The molecule has 0 radical (unpaired) electrons. The van der Waals surface area contributed by atoms with E-state index in [2.05, 4.69) is 5.32 Å². The number of nitrogens with one attached hydrogen (secondary N) is 1. The van der Waals surface area contributed by atoms with E-state index >= 15 is 0 Å². The molecule has 0 aliphatic heterocycles. The molecule has 0 saturated carbocycles. The van der Waals surface area contributed by atoms with Crippen LogP contribution >= 0.6 is 0 Å². The summed E-state index contributed by atoms with van der Waals surface area (Å²) in [6.07, 6.45) is 1.30. The van der Waals surface area contributed by atoms with E-state index in [1.54, 1.807) is 14.2 Å². The molecule has 6 heteroatoms. The van der Waals surface area contributed by atoms with Gasteiger partial charge >= 0.3 is 12.0 Å². The molecule has 0 spiro atoms. The lowest BCUT2D eigenvalue weighted by atomic mass is 10.2. The molecule has 2 amide bonds. The zero-order chi connectivity index (χ0) is 13.3. The van der Waals surface area contributed by atoms with Crippen molar-refractivity contribution >= 4 is 12.0 Å². The van der Waals surface area contributed by atoms with Gasteiger partial charge < -0.3 is 20.1 Å². The van der Waals surface area contributed by atoms with E-state index in [0.29, 0.717) is 19.6 Å². The highest BCUT2D eigenvalue weighted by Crippen LogP contribution is 1.96. The van der Waals surface area contributed by atoms with Crippen LogP contribution in [-0.2, 0) is 9.53 Å². The van der Waals surface area contributed by atoms with Crippen molar-refractivity contribution in [3.8, 4) is 0 Å². The monoisotopic (exact) mass is 246 g/mol. The number of carboxylic acid groups (broad SMARTS) is 1. The Balaban J connectivity index is 3.76. The molecule has 1 atom stereocenters. The third-order valence-corrected chi connectivity index (χ3v) is 2.36. The van der Waals surface area contributed by atoms with Crippen molar-refractivity contribution in [1.82, 2.24) is 10.2 Å². The number of carboxylic acids is 1. The van der Waals surface area contributed by atoms with Gasteiger partial charge in [0.05, 0.1) is 0 Å². The van der Waals surface area contributed by atoms with Crippen molar-refractivity contribution < 1.29 is 19.4 Å². The number of carbonyl (C=O) groups is 2. The molecule has 0 heterocycles. The average Bonchev–Trinajstić information content (AvgIpc) is 2.25. The predicted molar refractivity (Wildman–Crippen MR) is 64.0 cm³/mol. The number of urea groups is 1. The number of hydrogen-bond donors (Lipinski definition) is 2. The van der Waals surface area contributed by atoms with Crippen molar-refractivity contribution in [1.29, 1.82) is 0 Å². The number of nitrogens with zero attached hydrogens (tertiary/aromatic N) is 1. The maximum absolute atomic E-state index is 11.6. The molecule has 0 rings (SSSR count). The first kappa shape index (κ1) is 15.7. The van der Waals surface area contributed by atoms with Crippen LogP contribution in [0.25, 0.3) is 0 Å². The number of methoxy groups -OCH3 is 1. The van der Waals surface area contributed by atoms with Gasteiger partial charge in [-0.2, -0.15) is 0 Å². The Morgan fingerprint density at radius 1 is 1.47 bits per heavy atom. The van der Waals surface area contributed by atoms with E-state index in [9.17, 15) is 9.59 Å². The average molecular weight is 246 g/mol. The maximum atomic E-state index is 11.6. The van der Waals surface area contributed by atoms with Crippen LogP contribution in [0.5, 0.6) is 0 Å². The van der Waals surface area contributed by atoms with E-state index in [-0.39, 0.29) is 18.5 Å². The lowest BCUT2D eigenvalue weighted by Gasteiger charge is -2.21. The fraction of sp³-hybridized carbons (Fsp3) is 0.818. The van der Waals surface area contributed by atoms with Gasteiger partial charge in [-0.1, -0.05) is 0 Å². The second-order valence-corrected chi connectivity index (χ2v) is 4.05. The number of aliphatic carboxylic acids is 1. The molecule has 0 aromatic carbocycles. The van der Waals surface area contributed by atoms with Crippen LogP contribution in [0.3, 0.4) is 0 Å². The van der Waals surface area contributed by atoms with Crippen molar-refractivity contribution in [3.63, 3.8) is 0 Å². The molecule has 100 valence electrons. The lowest BCUT2D eigenvalue weighted by Crippen LogP contribution is -2.42. The predicted octanol–water partition coefficient (Wildman–Crippen LogP) is 0.918. The van der Waals surface area contributed by atoms with Crippen LogP contribution < -0.4 is 5.32 Å². The summed E-state index contributed by atoms with van der Waals surface area (Å²) in [5, 5.41) is 11.3. The van der Waals surface area contributed by atoms with Gasteiger partial charge in [-0.05, 0) is 19.8 Å². The molecular weight excluding hydrogens is 224 g/mol. The summed E-state index contributed by atoms with van der Waals surface area (Å²) in [5.41, 5.74) is 0. The topological polar surface area (TPSA) is 78.9 Å². The highest BCUT2D eigenvalue weighted by Gasteiger charge is 2.11. The van der Waals surface area contributed by atoms with Gasteiger partial charge in [0.1, 0.15) is 0 Å². The van der Waals surface area contributed by atoms with Crippen molar-refractivity contribution in [3.05, 3.63) is 0 Å². The zero-order valence-corrected chi connectivity index (χ0v) is 10.7. The van der Waals surface area contributed by atoms with Gasteiger partial charge in [0.25, 0.3) is 0 Å². The maximum Gasteiger partial charge on any atom is 0.317 e. The SMILES string of the molecule is COCCC(C)NC(=O)N(C)CCCC(=O)O. The molecule has 0 aliphatic rings. The van der Waals surface area contributed by atoms with Crippen LogP contribution in [0.4, 0.5) is 4.79 Å². The number of amides is 2. The smallest absolute Gasteiger partial charge is 0.317 e. The van der Waals surface area contributed by atoms with Crippen molar-refractivity contribution in [2.75, 3.05) is 27.3 Å². The van der Waals surface area contributed by atoms with E-state index < -0.39 is 5.97 Å². The number of rotatable bonds is 8. The lowest BCUT2D eigenvalue weighted by molar-refractivity contribution is -0.137. The summed E-state index contributed by atoms with van der Waals surface area (Å²) in [7, 11) is 3.27. The van der Waals surface area contributed by atoms with Crippen LogP contribution in [-0.4, -0.2) is 55.4 Å². The van der Waals surface area contributed by atoms with Gasteiger partial charge in [-0.25, -0.2) is 4.79 Å². The summed E-state index contributed by atoms with van der Waals surface area (Å²) in [6, 6.07) is -0.136. The quantitative estimate of drug-likeness (QED) is 0.667. The number of carbonyl (C=O) groups excluding carboxylic acids is 1. The molecule has 0 saturated heterocycles. The van der Waals surface area contributed by atoms with Gasteiger partial charge in [-0.3, -0.25) is 4.79 Å². The van der Waals surface area contributed by atoms with Crippen LogP contribution in [0.2, 0.25) is 0 Å². The largest absolute Gasteiger partial charge is 0.481 e. The van der Waals surface area contributed by atoms with E-state index in [0.717, 1.165) is 6.42 Å². The summed E-state index contributed by atoms with van der Waals surface area (Å²) < 4.78 is 4.92. The highest BCUT2D eigenvalue weighted by atomic mass is 16.5. The molecule has 6 nitrogen and oxygen atoms in total. The molecule has 17 heavy (non-hydrogen) atoms. The Morgan fingerprint density at radius 3 is 2.65 bits per heavy atom. The molecule has 0 aromatic rings. The fourth-order valence-electron chi connectivity index (χ4n) is 1.26. The summed E-state index contributed by atoms with van der Waals surface area (Å²) in [5.74, 6) is -0.840. The normalized spacial score (nSPS) is 11.9. The van der Waals surface area contributed by atoms with Crippen molar-refractivity contribution in [2.24, 2.45) is 0 Å². The van der Waals surface area contributed by atoms with E-state index in [1.807, 2.05) is 6.92 Å². The summed E-state index contributed by atoms with van der Waals surface area (Å²) in [4.78, 5) is 23.4. The first-order valence-corrected chi connectivity index (χ1v) is 5.69. The third-order valence-electron chi connectivity index (χ3n) is 2.36. The van der Waals surface area contributed by atoms with Gasteiger partial charge in [0, 0.05) is 39.8 Å². The van der Waals surface area contributed by atoms with Gasteiger partial charge in [0.15, 0.2) is 0 Å². The van der Waals surface area contributed by atoms with Gasteiger partial charge in [0.2, 0.25) is 0 Å². The van der Waals surface area contributed by atoms with Crippen LogP contribution in [0, 0.1) is 0 Å². The molecule has 2 N–H and O–H groups in total. The van der Waals surface area contributed by atoms with Crippen LogP contribution in [0.15, 0.2) is 0 Å². The minimum Gasteiger partial charge on any atom is -0.481 e. The van der Waals surface area contributed by atoms with Gasteiger partial charge in [-0.15, -0.1) is 0 Å². The number of ether oxygens (including phenoxy) is 1. The Hall–Kier alpha value is -1.30. The van der Waals surface area contributed by atoms with E-state index in [4.69, 9.17) is 9.84 Å². The summed E-state index contributed by atoms with van der Waals surface area (Å²) >= 11 is 0. The molecule has 0 fully saturated rings. The minimum atomic E-state index is -0.840. The Labute approximate surface area is 102 Å². The second-order valence-electron chi connectivity index (χ2n) is 4.05. The Kier molecular flexibility index (Phi) is 8.13. The molecule has 0 bridgehead atoms. The fourth-order valence-corrected chi connectivity index (χ4v) is 1.26. The molecule has 1 unspecified atom stereocenters. The van der Waals surface area contributed by atoms with Crippen molar-refractivity contribution in [2.45, 2.75) is 32.2 Å². The third kappa shape index (κ3) is 8.50. The zero-order valence-electron chi connectivity index (χ0n) is 10.7. The molecule has 0 aliphatic carbocycles. The standard InChI is InChI=1S/C11H22N2O4/c1-9(6-8-17-3)12-11(16)13(2)7-4-5-10(14)15/h9H,4-8H2,1-3H3,(H,12,16)(H,14,15). The van der Waals surface area contributed by atoms with Crippen LogP contribution in [0.1, 0.15) is 26.2 Å². The highest BCUT2D eigenvalue weighted by molar-refractivity contribution is 5.74. The number of hydrogen-bond acceptors (Lipinski definition) is 3. The first-order chi connectivity index (χ1) is 7.97. The first-order valence-electron chi connectivity index (χ1n) is 5.69. The molecular formula is C11H22N2O4. The summed E-state index contributed by atoms with van der Waals surface area (Å²) in [6.45, 7) is 2.95.